The van der Waals surface area contributed by atoms with Crippen molar-refractivity contribution < 1.29 is 14.0 Å². The Morgan fingerprint density at radius 1 is 0.878 bits per heavy atom. The summed E-state index contributed by atoms with van der Waals surface area (Å²) in [4.78, 5) is 37.4. The zero-order chi connectivity index (χ0) is 28.5. The van der Waals surface area contributed by atoms with Crippen LogP contribution in [0.15, 0.2) is 66.7 Å². The van der Waals surface area contributed by atoms with Crippen LogP contribution in [-0.2, 0) is 11.3 Å². The molecule has 1 aromatic heterocycles. The Morgan fingerprint density at radius 3 is 2.39 bits per heavy atom. The van der Waals surface area contributed by atoms with E-state index in [1.807, 2.05) is 29.2 Å². The van der Waals surface area contributed by atoms with Gasteiger partial charge in [0.2, 0.25) is 5.91 Å². The van der Waals surface area contributed by atoms with Crippen LogP contribution >= 0.6 is 23.2 Å². The maximum absolute atomic E-state index is 13.7. The van der Waals surface area contributed by atoms with Crippen LogP contribution in [0.2, 0.25) is 10.0 Å². The fourth-order valence-electron chi connectivity index (χ4n) is 5.89. The summed E-state index contributed by atoms with van der Waals surface area (Å²) in [5.74, 6) is 0.428. The molecule has 0 spiro atoms. The molecule has 0 unspecified atom stereocenters. The van der Waals surface area contributed by atoms with E-state index < -0.39 is 0 Å². The number of hydrogen-bond donors (Lipinski definition) is 0. The molecule has 1 atom stereocenters. The number of amides is 2. The molecule has 41 heavy (non-hydrogen) atoms. The van der Waals surface area contributed by atoms with Crippen LogP contribution < -0.4 is 0 Å². The van der Waals surface area contributed by atoms with Crippen LogP contribution in [-0.4, -0.2) is 75.3 Å². The molecule has 0 saturated carbocycles. The van der Waals surface area contributed by atoms with Gasteiger partial charge in [-0.05, 0) is 67.9 Å². The van der Waals surface area contributed by atoms with E-state index >= 15 is 0 Å². The number of rotatable bonds is 5. The summed E-state index contributed by atoms with van der Waals surface area (Å²) < 4.78 is 15.7. The van der Waals surface area contributed by atoms with Gasteiger partial charge in [0.15, 0.2) is 0 Å². The molecule has 7 nitrogen and oxygen atoms in total. The quantitative estimate of drug-likeness (QED) is 0.299. The molecule has 0 aliphatic carbocycles. The summed E-state index contributed by atoms with van der Waals surface area (Å²) in [5.41, 5.74) is 3.08. The summed E-state index contributed by atoms with van der Waals surface area (Å²) in [6.07, 6.45) is 1.75. The van der Waals surface area contributed by atoms with Gasteiger partial charge in [-0.2, -0.15) is 0 Å². The van der Waals surface area contributed by atoms with Gasteiger partial charge in [0.1, 0.15) is 11.6 Å². The SMILES string of the molecule is O=C(c1cccc(Cl)c1Cl)N1CCN(C(=O)[C@H]2CCCN(Cc3nc4ccccc4n3-c3ccc(F)cc3)C2)CC1. The molecule has 6 rings (SSSR count). The van der Waals surface area contributed by atoms with Gasteiger partial charge in [0.25, 0.3) is 5.91 Å². The van der Waals surface area contributed by atoms with Gasteiger partial charge >= 0.3 is 0 Å². The lowest BCUT2D eigenvalue weighted by Crippen LogP contribution is -2.53. The molecule has 4 aromatic rings. The number of benzene rings is 3. The first kappa shape index (κ1) is 27.7. The summed E-state index contributed by atoms with van der Waals surface area (Å²) in [5, 5.41) is 0.606. The highest BCUT2D eigenvalue weighted by Crippen LogP contribution is 2.28. The zero-order valence-corrected chi connectivity index (χ0v) is 24.0. The Labute approximate surface area is 248 Å². The fraction of sp³-hybridized carbons (Fsp3) is 0.323. The smallest absolute Gasteiger partial charge is 0.255 e. The van der Waals surface area contributed by atoms with Crippen molar-refractivity contribution in [2.45, 2.75) is 19.4 Å². The number of hydrogen-bond acceptors (Lipinski definition) is 4. The number of aromatic nitrogens is 2. The van der Waals surface area contributed by atoms with Gasteiger partial charge in [-0.15, -0.1) is 0 Å². The number of piperazine rings is 1. The summed E-state index contributed by atoms with van der Waals surface area (Å²) >= 11 is 12.4. The van der Waals surface area contributed by atoms with Crippen LogP contribution in [0.3, 0.4) is 0 Å². The van der Waals surface area contributed by atoms with Crippen LogP contribution in [0, 0.1) is 11.7 Å². The minimum Gasteiger partial charge on any atom is -0.339 e. The number of para-hydroxylation sites is 2. The molecular weight excluding hydrogens is 564 g/mol. The highest BCUT2D eigenvalue weighted by molar-refractivity contribution is 6.43. The highest BCUT2D eigenvalue weighted by atomic mass is 35.5. The van der Waals surface area contributed by atoms with Crippen molar-refractivity contribution in [1.82, 2.24) is 24.3 Å². The molecule has 10 heteroatoms. The van der Waals surface area contributed by atoms with Crippen LogP contribution in [0.4, 0.5) is 4.39 Å². The lowest BCUT2D eigenvalue weighted by molar-refractivity contribution is -0.139. The first-order valence-corrected chi connectivity index (χ1v) is 14.6. The average Bonchev–Trinajstić information content (AvgIpc) is 3.36. The third-order valence-electron chi connectivity index (χ3n) is 8.00. The molecule has 2 fully saturated rings. The fourth-order valence-corrected chi connectivity index (χ4v) is 6.27. The van der Waals surface area contributed by atoms with Gasteiger partial charge in [0, 0.05) is 38.4 Å². The zero-order valence-electron chi connectivity index (χ0n) is 22.5. The van der Waals surface area contributed by atoms with E-state index in [4.69, 9.17) is 28.2 Å². The lowest BCUT2D eigenvalue weighted by Gasteiger charge is -2.39. The second-order valence-electron chi connectivity index (χ2n) is 10.6. The standard InChI is InChI=1S/C31H30Cl2FN5O2/c32-25-7-3-6-24(29(25)33)31(41)38-17-15-37(16-18-38)30(40)21-5-4-14-36(19-21)20-28-35-26-8-1-2-9-27(26)39(28)23-12-10-22(34)11-13-23/h1-3,6-13,21H,4-5,14-20H2/t21-/m0/s1. The number of carbonyl (C=O) groups is 2. The first-order valence-electron chi connectivity index (χ1n) is 13.9. The normalized spacial score (nSPS) is 18.2. The van der Waals surface area contributed by atoms with E-state index in [0.29, 0.717) is 49.9 Å². The molecule has 3 aromatic carbocycles. The molecule has 2 aliphatic heterocycles. The molecule has 0 N–H and O–H groups in total. The van der Waals surface area contributed by atoms with Crippen molar-refractivity contribution in [3.05, 3.63) is 94.0 Å². The maximum atomic E-state index is 13.7. The number of nitrogens with zero attached hydrogens (tertiary/aromatic N) is 5. The minimum absolute atomic E-state index is 0.114. The van der Waals surface area contributed by atoms with Crippen molar-refractivity contribution in [3.63, 3.8) is 0 Å². The monoisotopic (exact) mass is 593 g/mol. The third kappa shape index (κ3) is 5.69. The molecule has 2 aliphatic rings. The summed E-state index contributed by atoms with van der Waals surface area (Å²) in [6, 6.07) is 19.4. The Balaban J connectivity index is 1.12. The Kier molecular flexibility index (Phi) is 7.97. The van der Waals surface area contributed by atoms with E-state index in [0.717, 1.165) is 41.9 Å². The molecule has 2 saturated heterocycles. The molecule has 2 amide bonds. The van der Waals surface area contributed by atoms with Crippen LogP contribution in [0.1, 0.15) is 29.0 Å². The topological polar surface area (TPSA) is 61.7 Å². The van der Waals surface area contributed by atoms with E-state index in [1.54, 1.807) is 35.2 Å². The molecule has 3 heterocycles. The van der Waals surface area contributed by atoms with Crippen molar-refractivity contribution in [2.75, 3.05) is 39.3 Å². The first-order chi connectivity index (χ1) is 19.9. The van der Waals surface area contributed by atoms with Crippen molar-refractivity contribution in [2.24, 2.45) is 5.92 Å². The van der Waals surface area contributed by atoms with Crippen LogP contribution in [0.25, 0.3) is 16.7 Å². The number of halogens is 3. The van der Waals surface area contributed by atoms with Crippen molar-refractivity contribution >= 4 is 46.0 Å². The molecule has 212 valence electrons. The second-order valence-corrected chi connectivity index (χ2v) is 11.4. The molecule has 0 radical (unpaired) electrons. The van der Waals surface area contributed by atoms with Crippen LogP contribution in [0.5, 0.6) is 0 Å². The van der Waals surface area contributed by atoms with Gasteiger partial charge in [-0.1, -0.05) is 41.4 Å². The number of fused-ring (bicyclic) bond motifs is 1. The average molecular weight is 595 g/mol. The Hall–Kier alpha value is -3.46. The lowest BCUT2D eigenvalue weighted by atomic mass is 9.96. The number of carbonyl (C=O) groups excluding carboxylic acids is 2. The van der Waals surface area contributed by atoms with Crippen molar-refractivity contribution in [1.29, 1.82) is 0 Å². The maximum Gasteiger partial charge on any atom is 0.255 e. The van der Waals surface area contributed by atoms with Gasteiger partial charge in [-0.25, -0.2) is 9.37 Å². The largest absolute Gasteiger partial charge is 0.339 e. The number of imidazole rings is 1. The predicted octanol–water partition coefficient (Wildman–Crippen LogP) is 5.67. The van der Waals surface area contributed by atoms with E-state index in [1.165, 1.54) is 12.1 Å². The highest BCUT2D eigenvalue weighted by Gasteiger charge is 2.33. The Morgan fingerprint density at radius 2 is 1.61 bits per heavy atom. The predicted molar refractivity (Wildman–Crippen MR) is 158 cm³/mol. The molecule has 0 bridgehead atoms. The van der Waals surface area contributed by atoms with Gasteiger partial charge in [0.05, 0.1) is 39.1 Å². The van der Waals surface area contributed by atoms with Gasteiger partial charge in [-0.3, -0.25) is 19.1 Å². The number of piperidine rings is 1. The summed E-state index contributed by atoms with van der Waals surface area (Å²) in [6.45, 7) is 3.97. The van der Waals surface area contributed by atoms with E-state index in [9.17, 15) is 14.0 Å². The third-order valence-corrected chi connectivity index (χ3v) is 8.81. The second kappa shape index (κ2) is 11.8. The Bertz CT molecular complexity index is 1580. The number of likely N-dealkylation sites (tertiary alicyclic amines) is 1. The molecular formula is C31H30Cl2FN5O2. The van der Waals surface area contributed by atoms with E-state index in [-0.39, 0.29) is 28.6 Å². The minimum atomic E-state index is -0.282. The summed E-state index contributed by atoms with van der Waals surface area (Å²) in [7, 11) is 0. The van der Waals surface area contributed by atoms with Gasteiger partial charge < -0.3 is 9.80 Å². The van der Waals surface area contributed by atoms with Crippen molar-refractivity contribution in [3.8, 4) is 5.69 Å². The van der Waals surface area contributed by atoms with E-state index in [2.05, 4.69) is 9.47 Å².